The standard InChI is InChI=1S/C20H35N5O/c1-4-26-16-10-23-20(21-3)22-9-6-11-24-12-14-25(15-13-24)19-8-5-7-18(2)17-19/h5,7-8,17H,4,6,9-16H2,1-3H3,(H2,21,22,23). The summed E-state index contributed by atoms with van der Waals surface area (Å²) < 4.78 is 5.32. The molecular weight excluding hydrogens is 326 g/mol. The van der Waals surface area contributed by atoms with Crippen LogP contribution in [0.15, 0.2) is 29.3 Å². The van der Waals surface area contributed by atoms with Gasteiger partial charge in [0.05, 0.1) is 6.61 Å². The lowest BCUT2D eigenvalue weighted by Gasteiger charge is -2.36. The number of nitrogens with one attached hydrogen (secondary N) is 2. The van der Waals surface area contributed by atoms with Crippen LogP contribution < -0.4 is 15.5 Å². The Morgan fingerprint density at radius 1 is 1.15 bits per heavy atom. The third-order valence-corrected chi connectivity index (χ3v) is 4.65. The quantitative estimate of drug-likeness (QED) is 0.398. The van der Waals surface area contributed by atoms with Gasteiger partial charge in [-0.15, -0.1) is 0 Å². The van der Waals surface area contributed by atoms with E-state index in [-0.39, 0.29) is 0 Å². The molecule has 26 heavy (non-hydrogen) atoms. The Labute approximate surface area is 158 Å². The molecule has 1 fully saturated rings. The molecule has 0 atom stereocenters. The van der Waals surface area contributed by atoms with Crippen LogP contribution in [0.4, 0.5) is 5.69 Å². The molecule has 1 aliphatic rings. The van der Waals surface area contributed by atoms with E-state index >= 15 is 0 Å². The Bertz CT molecular complexity index is 541. The van der Waals surface area contributed by atoms with E-state index in [0.717, 1.165) is 64.8 Å². The first kappa shape index (κ1) is 20.5. The van der Waals surface area contributed by atoms with Crippen molar-refractivity contribution in [1.29, 1.82) is 0 Å². The van der Waals surface area contributed by atoms with Gasteiger partial charge in [-0.05, 0) is 44.5 Å². The van der Waals surface area contributed by atoms with Crippen LogP contribution in [0.5, 0.6) is 0 Å². The second-order valence-electron chi connectivity index (χ2n) is 6.64. The molecule has 6 nitrogen and oxygen atoms in total. The molecule has 0 spiro atoms. The minimum atomic E-state index is 0.711. The number of rotatable bonds is 9. The summed E-state index contributed by atoms with van der Waals surface area (Å²) in [4.78, 5) is 9.29. The summed E-state index contributed by atoms with van der Waals surface area (Å²) >= 11 is 0. The van der Waals surface area contributed by atoms with Crippen LogP contribution in [0.25, 0.3) is 0 Å². The molecule has 0 aromatic heterocycles. The number of hydrogen-bond donors (Lipinski definition) is 2. The predicted molar refractivity (Wildman–Crippen MR) is 110 cm³/mol. The molecule has 0 saturated carbocycles. The molecule has 146 valence electrons. The van der Waals surface area contributed by atoms with Crippen molar-refractivity contribution in [2.75, 3.05) is 71.0 Å². The average molecular weight is 362 g/mol. The van der Waals surface area contributed by atoms with Gasteiger partial charge in [0.15, 0.2) is 5.96 Å². The number of ether oxygens (including phenoxy) is 1. The maximum Gasteiger partial charge on any atom is 0.191 e. The Kier molecular flexibility index (Phi) is 9.28. The van der Waals surface area contributed by atoms with Gasteiger partial charge in [0, 0.05) is 58.6 Å². The molecule has 2 rings (SSSR count). The molecule has 1 saturated heterocycles. The first-order chi connectivity index (χ1) is 12.7. The van der Waals surface area contributed by atoms with E-state index in [2.05, 4.69) is 56.6 Å². The summed E-state index contributed by atoms with van der Waals surface area (Å²) in [6, 6.07) is 8.81. The largest absolute Gasteiger partial charge is 0.380 e. The minimum Gasteiger partial charge on any atom is -0.380 e. The molecule has 1 heterocycles. The van der Waals surface area contributed by atoms with Gasteiger partial charge in [-0.3, -0.25) is 9.89 Å². The molecular formula is C20H35N5O. The highest BCUT2D eigenvalue weighted by Crippen LogP contribution is 2.17. The maximum atomic E-state index is 5.32. The maximum absolute atomic E-state index is 5.32. The number of piperazine rings is 1. The van der Waals surface area contributed by atoms with E-state index in [0.29, 0.717) is 6.61 Å². The van der Waals surface area contributed by atoms with E-state index < -0.39 is 0 Å². The Morgan fingerprint density at radius 3 is 2.62 bits per heavy atom. The number of hydrogen-bond acceptors (Lipinski definition) is 4. The molecule has 0 aliphatic carbocycles. The van der Waals surface area contributed by atoms with Crippen molar-refractivity contribution >= 4 is 11.6 Å². The van der Waals surface area contributed by atoms with Gasteiger partial charge in [-0.25, -0.2) is 0 Å². The molecule has 1 aromatic rings. The van der Waals surface area contributed by atoms with Gasteiger partial charge in [0.2, 0.25) is 0 Å². The second-order valence-corrected chi connectivity index (χ2v) is 6.64. The lowest BCUT2D eigenvalue weighted by Crippen LogP contribution is -2.47. The zero-order valence-electron chi connectivity index (χ0n) is 16.6. The van der Waals surface area contributed by atoms with Crippen LogP contribution in [-0.2, 0) is 4.74 Å². The predicted octanol–water partition coefficient (Wildman–Crippen LogP) is 1.71. The molecule has 1 aliphatic heterocycles. The van der Waals surface area contributed by atoms with Crippen LogP contribution in [0.2, 0.25) is 0 Å². The van der Waals surface area contributed by atoms with Crippen molar-refractivity contribution in [3.63, 3.8) is 0 Å². The molecule has 0 radical (unpaired) electrons. The van der Waals surface area contributed by atoms with E-state index in [9.17, 15) is 0 Å². The van der Waals surface area contributed by atoms with Crippen molar-refractivity contribution in [2.45, 2.75) is 20.3 Å². The highest BCUT2D eigenvalue weighted by atomic mass is 16.5. The zero-order chi connectivity index (χ0) is 18.6. The van der Waals surface area contributed by atoms with E-state index in [1.807, 2.05) is 6.92 Å². The number of aryl methyl sites for hydroxylation is 1. The third kappa shape index (κ3) is 7.22. The first-order valence-electron chi connectivity index (χ1n) is 9.79. The number of nitrogens with zero attached hydrogens (tertiary/aromatic N) is 3. The summed E-state index contributed by atoms with van der Waals surface area (Å²) in [5.74, 6) is 0.856. The number of anilines is 1. The van der Waals surface area contributed by atoms with E-state index in [4.69, 9.17) is 4.74 Å². The topological polar surface area (TPSA) is 52.1 Å². The molecule has 1 aromatic carbocycles. The van der Waals surface area contributed by atoms with Crippen molar-refractivity contribution in [3.8, 4) is 0 Å². The lowest BCUT2D eigenvalue weighted by atomic mass is 10.2. The SMILES string of the molecule is CCOCCNC(=NC)NCCCN1CCN(c2cccc(C)c2)CC1. The van der Waals surface area contributed by atoms with Crippen LogP contribution in [0.3, 0.4) is 0 Å². The fourth-order valence-electron chi connectivity index (χ4n) is 3.17. The van der Waals surface area contributed by atoms with Crippen molar-refractivity contribution in [1.82, 2.24) is 15.5 Å². The normalized spacial score (nSPS) is 16.0. The summed E-state index contributed by atoms with van der Waals surface area (Å²) in [6.45, 7) is 13.0. The molecule has 2 N–H and O–H groups in total. The fourth-order valence-corrected chi connectivity index (χ4v) is 3.17. The van der Waals surface area contributed by atoms with Gasteiger partial charge >= 0.3 is 0 Å². The summed E-state index contributed by atoms with van der Waals surface area (Å²) in [6.07, 6.45) is 1.12. The number of aliphatic imine (C=N–C) groups is 1. The Hall–Kier alpha value is -1.79. The van der Waals surface area contributed by atoms with Crippen molar-refractivity contribution < 1.29 is 4.74 Å². The lowest BCUT2D eigenvalue weighted by molar-refractivity contribution is 0.152. The molecule has 0 unspecified atom stereocenters. The minimum absolute atomic E-state index is 0.711. The smallest absolute Gasteiger partial charge is 0.191 e. The fraction of sp³-hybridized carbons (Fsp3) is 0.650. The first-order valence-corrected chi connectivity index (χ1v) is 9.79. The van der Waals surface area contributed by atoms with Crippen LogP contribution in [0, 0.1) is 6.92 Å². The number of benzene rings is 1. The van der Waals surface area contributed by atoms with E-state index in [1.165, 1.54) is 11.3 Å². The zero-order valence-corrected chi connectivity index (χ0v) is 16.6. The van der Waals surface area contributed by atoms with Gasteiger partial charge in [0.25, 0.3) is 0 Å². The van der Waals surface area contributed by atoms with Gasteiger partial charge < -0.3 is 20.3 Å². The van der Waals surface area contributed by atoms with Gasteiger partial charge in [-0.2, -0.15) is 0 Å². The third-order valence-electron chi connectivity index (χ3n) is 4.65. The monoisotopic (exact) mass is 361 g/mol. The number of guanidine groups is 1. The van der Waals surface area contributed by atoms with Crippen molar-refractivity contribution in [2.24, 2.45) is 4.99 Å². The summed E-state index contributed by atoms with van der Waals surface area (Å²) in [5, 5.41) is 6.64. The summed E-state index contributed by atoms with van der Waals surface area (Å²) in [5.41, 5.74) is 2.69. The van der Waals surface area contributed by atoms with Gasteiger partial charge in [0.1, 0.15) is 0 Å². The molecule has 0 bridgehead atoms. The Morgan fingerprint density at radius 2 is 1.92 bits per heavy atom. The van der Waals surface area contributed by atoms with Crippen LogP contribution in [0.1, 0.15) is 18.9 Å². The highest BCUT2D eigenvalue weighted by molar-refractivity contribution is 5.79. The van der Waals surface area contributed by atoms with Crippen LogP contribution in [-0.4, -0.2) is 76.9 Å². The second kappa shape index (κ2) is 11.8. The van der Waals surface area contributed by atoms with Crippen LogP contribution >= 0.6 is 0 Å². The molecule has 6 heteroatoms. The van der Waals surface area contributed by atoms with Crippen molar-refractivity contribution in [3.05, 3.63) is 29.8 Å². The molecule has 0 amide bonds. The highest BCUT2D eigenvalue weighted by Gasteiger charge is 2.16. The summed E-state index contributed by atoms with van der Waals surface area (Å²) in [7, 11) is 1.81. The van der Waals surface area contributed by atoms with Gasteiger partial charge in [-0.1, -0.05) is 12.1 Å². The average Bonchev–Trinajstić information content (AvgIpc) is 2.67. The van der Waals surface area contributed by atoms with E-state index in [1.54, 1.807) is 7.05 Å². The Balaban J connectivity index is 1.58.